The molecule has 1 N–H and O–H groups in total. The van der Waals surface area contributed by atoms with Crippen LogP contribution in [0.5, 0.6) is 5.75 Å². The zero-order chi connectivity index (χ0) is 20.1. The maximum Gasteiger partial charge on any atom is 0.271 e. The van der Waals surface area contributed by atoms with E-state index in [9.17, 15) is 10.1 Å². The Morgan fingerprint density at radius 1 is 1.07 bits per heavy atom. The molecule has 0 radical (unpaired) electrons. The third kappa shape index (κ3) is 5.33. The second-order valence-electron chi connectivity index (χ2n) is 6.31. The molecule has 0 saturated carbocycles. The van der Waals surface area contributed by atoms with Gasteiger partial charge in [0, 0.05) is 34.4 Å². The van der Waals surface area contributed by atoms with E-state index in [1.807, 2.05) is 31.2 Å². The molecule has 28 heavy (non-hydrogen) atoms. The summed E-state index contributed by atoms with van der Waals surface area (Å²) in [4.78, 5) is 10.6. The maximum absolute atomic E-state index is 11.0. The number of aryl methyl sites for hydroxylation is 1. The zero-order valence-corrected chi connectivity index (χ0v) is 18.3. The third-order valence-corrected chi connectivity index (χ3v) is 5.18. The highest BCUT2D eigenvalue weighted by atomic mass is 79.9. The van der Waals surface area contributed by atoms with Crippen molar-refractivity contribution in [3.63, 3.8) is 0 Å². The van der Waals surface area contributed by atoms with Gasteiger partial charge in [-0.1, -0.05) is 51.8 Å². The summed E-state index contributed by atoms with van der Waals surface area (Å²) in [6.45, 7) is 2.96. The lowest BCUT2D eigenvalue weighted by atomic mass is 10.1. The number of hydrogen-bond acceptors (Lipinski definition) is 4. The molecule has 0 aliphatic rings. The van der Waals surface area contributed by atoms with Crippen LogP contribution in [0.25, 0.3) is 0 Å². The number of rotatable bonds is 7. The van der Waals surface area contributed by atoms with Crippen molar-refractivity contribution in [1.29, 1.82) is 0 Å². The van der Waals surface area contributed by atoms with E-state index in [2.05, 4.69) is 49.3 Å². The monoisotopic (exact) mass is 504 g/mol. The van der Waals surface area contributed by atoms with E-state index in [1.54, 1.807) is 12.1 Å². The van der Waals surface area contributed by atoms with Gasteiger partial charge in [-0.15, -0.1) is 0 Å². The molecule has 3 aromatic rings. The normalized spacial score (nSPS) is 10.5. The molecule has 0 unspecified atom stereocenters. The van der Waals surface area contributed by atoms with Gasteiger partial charge in [0.25, 0.3) is 5.69 Å². The Morgan fingerprint density at radius 2 is 1.82 bits per heavy atom. The number of halogens is 2. The van der Waals surface area contributed by atoms with Crippen LogP contribution in [0.2, 0.25) is 0 Å². The van der Waals surface area contributed by atoms with Gasteiger partial charge in [-0.2, -0.15) is 0 Å². The highest BCUT2D eigenvalue weighted by molar-refractivity contribution is 9.11. The Labute approximate surface area is 180 Å². The van der Waals surface area contributed by atoms with Crippen molar-refractivity contribution in [2.75, 3.05) is 5.32 Å². The maximum atomic E-state index is 11.0. The molecule has 0 atom stereocenters. The largest absolute Gasteiger partial charge is 0.487 e. The lowest BCUT2D eigenvalue weighted by Gasteiger charge is -2.15. The van der Waals surface area contributed by atoms with Crippen molar-refractivity contribution < 1.29 is 9.66 Å². The number of anilines is 1. The van der Waals surface area contributed by atoms with Gasteiger partial charge in [0.15, 0.2) is 0 Å². The first kappa shape index (κ1) is 20.4. The van der Waals surface area contributed by atoms with Crippen LogP contribution < -0.4 is 10.1 Å². The minimum atomic E-state index is -0.406. The molecule has 0 aromatic heterocycles. The fraction of sp³-hybridized carbons (Fsp3) is 0.143. The minimum Gasteiger partial charge on any atom is -0.487 e. The molecule has 0 heterocycles. The summed E-state index contributed by atoms with van der Waals surface area (Å²) in [5, 5.41) is 14.2. The average Bonchev–Trinajstić information content (AvgIpc) is 2.67. The molecule has 0 spiro atoms. The summed E-state index contributed by atoms with van der Waals surface area (Å²) >= 11 is 7.07. The van der Waals surface area contributed by atoms with Gasteiger partial charge in [-0.05, 0) is 46.6 Å². The van der Waals surface area contributed by atoms with Crippen molar-refractivity contribution in [2.24, 2.45) is 0 Å². The van der Waals surface area contributed by atoms with Gasteiger partial charge < -0.3 is 10.1 Å². The minimum absolute atomic E-state index is 0.0521. The summed E-state index contributed by atoms with van der Waals surface area (Å²) in [6, 6.07) is 18.5. The van der Waals surface area contributed by atoms with E-state index >= 15 is 0 Å². The first-order chi connectivity index (χ1) is 13.4. The van der Waals surface area contributed by atoms with Crippen molar-refractivity contribution in [1.82, 2.24) is 0 Å². The van der Waals surface area contributed by atoms with Gasteiger partial charge >= 0.3 is 0 Å². The molecule has 0 aliphatic carbocycles. The number of nitrogens with zero attached hydrogens (tertiary/aromatic N) is 1. The van der Waals surface area contributed by atoms with Crippen molar-refractivity contribution in [2.45, 2.75) is 20.1 Å². The van der Waals surface area contributed by atoms with Gasteiger partial charge in [0.2, 0.25) is 0 Å². The Hall–Kier alpha value is -2.38. The second kappa shape index (κ2) is 9.21. The van der Waals surface area contributed by atoms with Crippen LogP contribution >= 0.6 is 31.9 Å². The summed E-state index contributed by atoms with van der Waals surface area (Å²) in [7, 11) is 0. The van der Waals surface area contributed by atoms with Crippen LogP contribution in [-0.4, -0.2) is 4.92 Å². The highest BCUT2D eigenvalue weighted by Gasteiger charge is 2.12. The van der Waals surface area contributed by atoms with Gasteiger partial charge in [-0.3, -0.25) is 10.1 Å². The molecule has 7 heteroatoms. The molecule has 3 rings (SSSR count). The molecular weight excluding hydrogens is 488 g/mol. The summed E-state index contributed by atoms with van der Waals surface area (Å²) in [5.74, 6) is 0.738. The van der Waals surface area contributed by atoms with Gasteiger partial charge in [0.1, 0.15) is 12.4 Å². The van der Waals surface area contributed by atoms with Crippen molar-refractivity contribution in [3.05, 3.63) is 96.4 Å². The van der Waals surface area contributed by atoms with Crippen LogP contribution in [0, 0.1) is 17.0 Å². The Balaban J connectivity index is 1.77. The Kier molecular flexibility index (Phi) is 6.70. The average molecular weight is 506 g/mol. The van der Waals surface area contributed by atoms with Gasteiger partial charge in [-0.25, -0.2) is 0 Å². The van der Waals surface area contributed by atoms with E-state index in [4.69, 9.17) is 4.74 Å². The van der Waals surface area contributed by atoms with E-state index in [-0.39, 0.29) is 5.69 Å². The van der Waals surface area contributed by atoms with E-state index < -0.39 is 4.92 Å². The topological polar surface area (TPSA) is 64.4 Å². The molecule has 144 valence electrons. The van der Waals surface area contributed by atoms with Crippen LogP contribution in [0.3, 0.4) is 0 Å². The zero-order valence-electron chi connectivity index (χ0n) is 15.1. The van der Waals surface area contributed by atoms with Crippen LogP contribution in [0.4, 0.5) is 11.4 Å². The third-order valence-electron chi connectivity index (χ3n) is 4.13. The quantitative estimate of drug-likeness (QED) is 0.289. The predicted octanol–water partition coefficient (Wildman–Crippen LogP) is 6.62. The summed E-state index contributed by atoms with van der Waals surface area (Å²) in [5.41, 5.74) is 3.94. The summed E-state index contributed by atoms with van der Waals surface area (Å²) < 4.78 is 7.84. The van der Waals surface area contributed by atoms with Crippen molar-refractivity contribution in [3.8, 4) is 5.75 Å². The van der Waals surface area contributed by atoms with E-state index in [1.165, 1.54) is 17.7 Å². The summed E-state index contributed by atoms with van der Waals surface area (Å²) in [6.07, 6.45) is 0. The standard InChI is InChI=1S/C21H18Br2N2O3/c1-14-5-7-15(8-6-14)13-28-21-16(9-17(22)10-20(21)23)12-24-18-3-2-4-19(11-18)25(26)27/h2-11,24H,12-13H2,1H3. The second-order valence-corrected chi connectivity index (χ2v) is 8.08. The number of benzene rings is 3. The first-order valence-electron chi connectivity index (χ1n) is 8.57. The predicted molar refractivity (Wildman–Crippen MR) is 118 cm³/mol. The van der Waals surface area contributed by atoms with Crippen LogP contribution in [0.15, 0.2) is 69.6 Å². The first-order valence-corrected chi connectivity index (χ1v) is 10.2. The number of hydrogen-bond donors (Lipinski definition) is 1. The molecular formula is C21H18Br2N2O3. The molecule has 0 bridgehead atoms. The molecule has 5 nitrogen and oxygen atoms in total. The number of non-ortho nitro benzene ring substituents is 1. The molecule has 0 amide bonds. The molecule has 0 saturated heterocycles. The smallest absolute Gasteiger partial charge is 0.271 e. The lowest BCUT2D eigenvalue weighted by Crippen LogP contribution is -2.05. The Morgan fingerprint density at radius 3 is 2.54 bits per heavy atom. The number of nitrogens with one attached hydrogen (secondary N) is 1. The molecule has 3 aromatic carbocycles. The number of nitro groups is 1. The highest BCUT2D eigenvalue weighted by Crippen LogP contribution is 2.34. The fourth-order valence-electron chi connectivity index (χ4n) is 2.67. The lowest BCUT2D eigenvalue weighted by molar-refractivity contribution is -0.384. The van der Waals surface area contributed by atoms with Crippen LogP contribution in [-0.2, 0) is 13.2 Å². The SMILES string of the molecule is Cc1ccc(COc2c(Br)cc(Br)cc2CNc2cccc([N+](=O)[O-])c2)cc1. The number of ether oxygens (including phenoxy) is 1. The van der Waals surface area contributed by atoms with E-state index in [0.29, 0.717) is 18.8 Å². The van der Waals surface area contributed by atoms with E-state index in [0.717, 1.165) is 25.8 Å². The fourth-order valence-corrected chi connectivity index (χ4v) is 4.10. The van der Waals surface area contributed by atoms with Crippen LogP contribution in [0.1, 0.15) is 16.7 Å². The number of nitro benzene ring substituents is 1. The van der Waals surface area contributed by atoms with Gasteiger partial charge in [0.05, 0.1) is 9.40 Å². The Bertz CT molecular complexity index is 991. The molecule has 0 fully saturated rings. The molecule has 0 aliphatic heterocycles. The van der Waals surface area contributed by atoms with Crippen molar-refractivity contribution >= 4 is 43.2 Å².